The van der Waals surface area contributed by atoms with Gasteiger partial charge in [0.2, 0.25) is 5.91 Å². The van der Waals surface area contributed by atoms with Crippen LogP contribution in [0.2, 0.25) is 0 Å². The van der Waals surface area contributed by atoms with Gasteiger partial charge in [-0.1, -0.05) is 15.9 Å². The molecule has 1 unspecified atom stereocenters. The fourth-order valence-electron chi connectivity index (χ4n) is 0.922. The Hall–Kier alpha value is -0.140. The Morgan fingerprint density at radius 3 is 2.60 bits per heavy atom. The summed E-state index contributed by atoms with van der Waals surface area (Å²) in [5.74, 6) is -0.917. The molecule has 1 atom stereocenters. The minimum atomic E-state index is -3.23. The first-order valence-corrected chi connectivity index (χ1v) is 7.40. The summed E-state index contributed by atoms with van der Waals surface area (Å²) in [5.41, 5.74) is 0. The van der Waals surface area contributed by atoms with Crippen LogP contribution >= 0.6 is 15.9 Å². The van der Waals surface area contributed by atoms with Crippen molar-refractivity contribution in [3.63, 3.8) is 0 Å². The van der Waals surface area contributed by atoms with Crippen LogP contribution in [0, 0.1) is 0 Å². The maximum absolute atomic E-state index is 11.1. The van der Waals surface area contributed by atoms with Gasteiger partial charge in [0, 0.05) is 24.7 Å². The molecular weight excluding hydrogens is 286 g/mol. The zero-order valence-electron chi connectivity index (χ0n) is 8.82. The molecule has 0 aromatic carbocycles. The molecule has 1 amide bonds. The van der Waals surface area contributed by atoms with Crippen molar-refractivity contribution >= 4 is 31.7 Å². The third-order valence-corrected chi connectivity index (χ3v) is 3.03. The molecule has 15 heavy (non-hydrogen) atoms. The van der Waals surface area contributed by atoms with E-state index in [-0.39, 0.29) is 4.83 Å². The van der Waals surface area contributed by atoms with Crippen molar-refractivity contribution in [1.29, 1.82) is 0 Å². The highest BCUT2D eigenvalue weighted by Crippen LogP contribution is 2.03. The zero-order chi connectivity index (χ0) is 11.9. The van der Waals surface area contributed by atoms with Crippen molar-refractivity contribution < 1.29 is 17.9 Å². The third kappa shape index (κ3) is 10.1. The largest absolute Gasteiger partial charge is 0.384 e. The smallest absolute Gasteiger partial charge is 0.235 e. The molecule has 0 aliphatic heterocycles. The molecule has 0 aromatic heterocycles. The van der Waals surface area contributed by atoms with Gasteiger partial charge in [-0.05, 0) is 6.42 Å². The second-order valence-electron chi connectivity index (χ2n) is 3.26. The molecule has 0 aliphatic carbocycles. The Labute approximate surface area is 98.6 Å². The Balaban J connectivity index is 3.64. The van der Waals surface area contributed by atoms with E-state index in [9.17, 15) is 13.2 Å². The number of methoxy groups -OCH3 is 1. The van der Waals surface area contributed by atoms with Crippen LogP contribution in [0.5, 0.6) is 0 Å². The number of hydrogen-bond donors (Lipinski definition) is 1. The van der Waals surface area contributed by atoms with E-state index in [1.54, 1.807) is 7.11 Å². The van der Waals surface area contributed by atoms with Crippen LogP contribution in [-0.4, -0.2) is 51.4 Å². The Morgan fingerprint density at radius 2 is 2.13 bits per heavy atom. The van der Waals surface area contributed by atoms with Gasteiger partial charge in [-0.3, -0.25) is 4.79 Å². The summed E-state index contributed by atoms with van der Waals surface area (Å²) in [5, 5.41) is 2.52. The monoisotopic (exact) mass is 301 g/mol. The van der Waals surface area contributed by atoms with Crippen LogP contribution in [0.3, 0.4) is 0 Å². The number of amides is 1. The number of ether oxygens (including phenoxy) is 1. The highest BCUT2D eigenvalue weighted by Gasteiger charge is 2.10. The predicted octanol–water partition coefficient (Wildman–Crippen LogP) is -0.0528. The summed E-state index contributed by atoms with van der Waals surface area (Å²) in [7, 11) is -1.64. The Kier molecular flexibility index (Phi) is 7.12. The molecule has 90 valence electrons. The third-order valence-electron chi connectivity index (χ3n) is 1.52. The van der Waals surface area contributed by atoms with Crippen molar-refractivity contribution in [3.05, 3.63) is 0 Å². The van der Waals surface area contributed by atoms with E-state index in [0.717, 1.165) is 6.26 Å². The lowest BCUT2D eigenvalue weighted by atomic mass is 10.3. The average molecular weight is 302 g/mol. The van der Waals surface area contributed by atoms with Crippen LogP contribution in [0.1, 0.15) is 6.42 Å². The van der Waals surface area contributed by atoms with E-state index < -0.39 is 21.5 Å². The summed E-state index contributed by atoms with van der Waals surface area (Å²) in [6.45, 7) is 0.996. The molecule has 0 aromatic rings. The van der Waals surface area contributed by atoms with E-state index in [2.05, 4.69) is 21.2 Å². The van der Waals surface area contributed by atoms with E-state index in [0.29, 0.717) is 19.6 Å². The first kappa shape index (κ1) is 14.9. The van der Waals surface area contributed by atoms with Gasteiger partial charge in [-0.15, -0.1) is 0 Å². The maximum Gasteiger partial charge on any atom is 0.235 e. The average Bonchev–Trinajstić information content (AvgIpc) is 2.00. The van der Waals surface area contributed by atoms with Crippen LogP contribution in [-0.2, 0) is 19.4 Å². The molecule has 0 radical (unpaired) electrons. The molecule has 0 heterocycles. The summed E-state index contributed by atoms with van der Waals surface area (Å²) < 4.78 is 26.4. The molecular formula is C8H16BrNO4S. The van der Waals surface area contributed by atoms with Crippen molar-refractivity contribution in [2.75, 3.05) is 32.3 Å². The normalized spacial score (nSPS) is 13.5. The van der Waals surface area contributed by atoms with Gasteiger partial charge in [0.25, 0.3) is 0 Å². The van der Waals surface area contributed by atoms with Crippen molar-refractivity contribution in [1.82, 2.24) is 5.32 Å². The van der Waals surface area contributed by atoms with E-state index in [1.807, 2.05) is 0 Å². The molecule has 1 N–H and O–H groups in total. The second kappa shape index (κ2) is 7.19. The van der Waals surface area contributed by atoms with Gasteiger partial charge in [0.1, 0.15) is 5.75 Å². The summed E-state index contributed by atoms with van der Waals surface area (Å²) in [4.78, 5) is 11.2. The molecule has 5 nitrogen and oxygen atoms in total. The lowest BCUT2D eigenvalue weighted by molar-refractivity contribution is -0.118. The summed E-state index contributed by atoms with van der Waals surface area (Å²) >= 11 is 3.36. The highest BCUT2D eigenvalue weighted by molar-refractivity contribution is 9.09. The number of carbonyl (C=O) groups is 1. The zero-order valence-corrected chi connectivity index (χ0v) is 11.2. The molecule has 7 heteroatoms. The van der Waals surface area contributed by atoms with Gasteiger partial charge in [0.05, 0.1) is 6.61 Å². The van der Waals surface area contributed by atoms with E-state index >= 15 is 0 Å². The van der Waals surface area contributed by atoms with Crippen LogP contribution in [0.25, 0.3) is 0 Å². The van der Waals surface area contributed by atoms with Crippen molar-refractivity contribution in [2.45, 2.75) is 11.2 Å². The molecule has 0 aliphatic rings. The van der Waals surface area contributed by atoms with Crippen LogP contribution < -0.4 is 5.32 Å². The number of sulfone groups is 1. The van der Waals surface area contributed by atoms with E-state index in [4.69, 9.17) is 4.74 Å². The quantitative estimate of drug-likeness (QED) is 0.669. The number of hydrogen-bond acceptors (Lipinski definition) is 4. The summed E-state index contributed by atoms with van der Waals surface area (Å²) in [6, 6.07) is 0. The van der Waals surface area contributed by atoms with Crippen molar-refractivity contribution in [3.8, 4) is 0 Å². The minimum Gasteiger partial charge on any atom is -0.384 e. The first-order valence-electron chi connectivity index (χ1n) is 4.42. The fourth-order valence-corrected chi connectivity index (χ4v) is 1.99. The molecule has 0 rings (SSSR count). The number of rotatable bonds is 7. The second-order valence-corrected chi connectivity index (χ2v) is 6.70. The van der Waals surface area contributed by atoms with E-state index in [1.165, 1.54) is 0 Å². The standard InChI is InChI=1S/C8H16BrNO4S/c1-14-5-7(9)3-4-10-8(11)6-15(2,12)13/h7H,3-6H2,1-2H3,(H,10,11). The Morgan fingerprint density at radius 1 is 1.53 bits per heavy atom. The van der Waals surface area contributed by atoms with Crippen LogP contribution in [0.15, 0.2) is 0 Å². The minimum absolute atomic E-state index is 0.168. The van der Waals surface area contributed by atoms with Gasteiger partial charge < -0.3 is 10.1 Å². The van der Waals surface area contributed by atoms with Gasteiger partial charge in [0.15, 0.2) is 9.84 Å². The number of alkyl halides is 1. The molecule has 0 saturated heterocycles. The number of halogens is 1. The molecule has 0 saturated carbocycles. The van der Waals surface area contributed by atoms with Crippen LogP contribution in [0.4, 0.5) is 0 Å². The predicted molar refractivity (Wildman–Crippen MR) is 61.9 cm³/mol. The molecule has 0 spiro atoms. The number of carbonyl (C=O) groups excluding carboxylic acids is 1. The molecule has 0 bridgehead atoms. The SMILES string of the molecule is COCC(Br)CCNC(=O)CS(C)(=O)=O. The molecule has 0 fully saturated rings. The lowest BCUT2D eigenvalue weighted by Crippen LogP contribution is -2.31. The van der Waals surface area contributed by atoms with Gasteiger partial charge in [-0.2, -0.15) is 0 Å². The first-order chi connectivity index (χ1) is 6.85. The Bertz CT molecular complexity index is 291. The fraction of sp³-hybridized carbons (Fsp3) is 0.875. The lowest BCUT2D eigenvalue weighted by Gasteiger charge is -2.08. The number of nitrogens with one attached hydrogen (secondary N) is 1. The van der Waals surface area contributed by atoms with Crippen molar-refractivity contribution in [2.24, 2.45) is 0 Å². The highest BCUT2D eigenvalue weighted by atomic mass is 79.9. The van der Waals surface area contributed by atoms with Gasteiger partial charge >= 0.3 is 0 Å². The topological polar surface area (TPSA) is 72.5 Å². The maximum atomic E-state index is 11.1. The van der Waals surface area contributed by atoms with Gasteiger partial charge in [-0.25, -0.2) is 8.42 Å². The summed E-state index contributed by atoms with van der Waals surface area (Å²) in [6.07, 6.45) is 1.73.